The van der Waals surface area contributed by atoms with Gasteiger partial charge in [-0.2, -0.15) is 0 Å². The van der Waals surface area contributed by atoms with Gasteiger partial charge in [-0.1, -0.05) is 12.1 Å². The molecule has 0 aliphatic rings. The van der Waals surface area contributed by atoms with Crippen LogP contribution in [0.3, 0.4) is 0 Å². The second-order valence-electron chi connectivity index (χ2n) is 5.29. The molecule has 1 N–H and O–H groups in total. The van der Waals surface area contributed by atoms with Gasteiger partial charge in [0.1, 0.15) is 5.75 Å². The van der Waals surface area contributed by atoms with Crippen molar-refractivity contribution in [1.29, 1.82) is 0 Å². The summed E-state index contributed by atoms with van der Waals surface area (Å²) in [6.45, 7) is 5.76. The Balaban J connectivity index is 2.60. The van der Waals surface area contributed by atoms with Gasteiger partial charge in [-0.15, -0.1) is 11.6 Å². The number of hydrogen-bond donors (Lipinski definition) is 1. The SMILES string of the molecule is CC(C)Oc1ccc(C(C)NS(=O)(=O)CCCCCl)cc1. The van der Waals surface area contributed by atoms with Crippen LogP contribution in [0.4, 0.5) is 0 Å². The van der Waals surface area contributed by atoms with E-state index in [0.717, 1.165) is 11.3 Å². The van der Waals surface area contributed by atoms with Gasteiger partial charge in [0.25, 0.3) is 0 Å². The molecule has 1 atom stereocenters. The van der Waals surface area contributed by atoms with E-state index in [1.807, 2.05) is 45.0 Å². The Labute approximate surface area is 132 Å². The molecule has 0 amide bonds. The van der Waals surface area contributed by atoms with E-state index >= 15 is 0 Å². The predicted octanol–water partition coefficient (Wildman–Crippen LogP) is 3.47. The van der Waals surface area contributed by atoms with Crippen molar-refractivity contribution in [3.8, 4) is 5.75 Å². The molecule has 6 heteroatoms. The predicted molar refractivity (Wildman–Crippen MR) is 87.5 cm³/mol. The largest absolute Gasteiger partial charge is 0.491 e. The van der Waals surface area contributed by atoms with Gasteiger partial charge >= 0.3 is 0 Å². The number of sulfonamides is 1. The van der Waals surface area contributed by atoms with E-state index in [-0.39, 0.29) is 17.9 Å². The molecule has 1 rings (SSSR count). The van der Waals surface area contributed by atoms with Crippen LogP contribution in [0.25, 0.3) is 0 Å². The average Bonchev–Trinajstić information content (AvgIpc) is 2.38. The fourth-order valence-electron chi connectivity index (χ4n) is 1.89. The number of benzene rings is 1. The van der Waals surface area contributed by atoms with Crippen molar-refractivity contribution in [3.05, 3.63) is 29.8 Å². The highest BCUT2D eigenvalue weighted by Gasteiger charge is 2.15. The highest BCUT2D eigenvalue weighted by atomic mass is 35.5. The van der Waals surface area contributed by atoms with Gasteiger partial charge in [-0.25, -0.2) is 13.1 Å². The first-order valence-corrected chi connectivity index (χ1v) is 9.35. The number of alkyl halides is 1. The fourth-order valence-corrected chi connectivity index (χ4v) is 3.46. The second-order valence-corrected chi connectivity index (χ2v) is 7.54. The topological polar surface area (TPSA) is 55.4 Å². The summed E-state index contributed by atoms with van der Waals surface area (Å²) in [5.41, 5.74) is 0.909. The van der Waals surface area contributed by atoms with E-state index in [1.54, 1.807) is 0 Å². The van der Waals surface area contributed by atoms with Crippen molar-refractivity contribution in [2.45, 2.75) is 45.8 Å². The van der Waals surface area contributed by atoms with Crippen molar-refractivity contribution in [2.75, 3.05) is 11.6 Å². The number of hydrogen-bond acceptors (Lipinski definition) is 3. The molecule has 0 saturated heterocycles. The molecule has 1 aromatic rings. The lowest BCUT2D eigenvalue weighted by Crippen LogP contribution is -2.29. The van der Waals surface area contributed by atoms with Gasteiger partial charge in [0, 0.05) is 11.9 Å². The van der Waals surface area contributed by atoms with E-state index in [1.165, 1.54) is 0 Å². The molecule has 1 unspecified atom stereocenters. The van der Waals surface area contributed by atoms with Gasteiger partial charge < -0.3 is 4.74 Å². The first kappa shape index (κ1) is 18.3. The molecule has 0 aromatic heterocycles. The van der Waals surface area contributed by atoms with Crippen molar-refractivity contribution >= 4 is 21.6 Å². The lowest BCUT2D eigenvalue weighted by Gasteiger charge is -2.16. The van der Waals surface area contributed by atoms with Gasteiger partial charge in [-0.3, -0.25) is 0 Å². The Morgan fingerprint density at radius 3 is 2.29 bits per heavy atom. The van der Waals surface area contributed by atoms with E-state index < -0.39 is 10.0 Å². The van der Waals surface area contributed by atoms with Crippen LogP contribution in [0, 0.1) is 0 Å². The maximum atomic E-state index is 11.9. The van der Waals surface area contributed by atoms with Crippen LogP contribution in [0.2, 0.25) is 0 Å². The summed E-state index contributed by atoms with van der Waals surface area (Å²) in [6.07, 6.45) is 1.40. The van der Waals surface area contributed by atoms with Crippen LogP contribution in [-0.2, 0) is 10.0 Å². The van der Waals surface area contributed by atoms with Crippen LogP contribution in [0.5, 0.6) is 5.75 Å². The van der Waals surface area contributed by atoms with Gasteiger partial charge in [0.15, 0.2) is 0 Å². The zero-order chi connectivity index (χ0) is 15.9. The molecule has 120 valence electrons. The van der Waals surface area contributed by atoms with Crippen molar-refractivity contribution < 1.29 is 13.2 Å². The van der Waals surface area contributed by atoms with Crippen molar-refractivity contribution in [3.63, 3.8) is 0 Å². The Morgan fingerprint density at radius 1 is 1.14 bits per heavy atom. The second kappa shape index (κ2) is 8.61. The first-order chi connectivity index (χ1) is 9.84. The third-order valence-electron chi connectivity index (χ3n) is 2.90. The zero-order valence-corrected chi connectivity index (χ0v) is 14.4. The minimum Gasteiger partial charge on any atom is -0.491 e. The third kappa shape index (κ3) is 7.16. The molecule has 4 nitrogen and oxygen atoms in total. The molecule has 1 aromatic carbocycles. The highest BCUT2D eigenvalue weighted by molar-refractivity contribution is 7.89. The minimum absolute atomic E-state index is 0.110. The molecule has 0 radical (unpaired) electrons. The van der Waals surface area contributed by atoms with Crippen LogP contribution in [0.15, 0.2) is 24.3 Å². The number of rotatable bonds is 9. The molecule has 0 aliphatic heterocycles. The number of nitrogens with one attached hydrogen (secondary N) is 1. The van der Waals surface area contributed by atoms with Crippen LogP contribution in [-0.4, -0.2) is 26.2 Å². The zero-order valence-electron chi connectivity index (χ0n) is 12.8. The van der Waals surface area contributed by atoms with Gasteiger partial charge in [0.2, 0.25) is 10.0 Å². The molecule has 0 bridgehead atoms. The quantitative estimate of drug-likeness (QED) is 0.556. The molecule has 0 saturated carbocycles. The summed E-state index contributed by atoms with van der Waals surface area (Å²) in [4.78, 5) is 0. The molecule has 0 heterocycles. The van der Waals surface area contributed by atoms with Gasteiger partial charge in [-0.05, 0) is 51.3 Å². The summed E-state index contributed by atoms with van der Waals surface area (Å²) >= 11 is 5.56. The number of halogens is 1. The molecule has 0 fully saturated rings. The maximum Gasteiger partial charge on any atom is 0.212 e. The summed E-state index contributed by atoms with van der Waals surface area (Å²) in [7, 11) is -3.27. The summed E-state index contributed by atoms with van der Waals surface area (Å²) in [5, 5.41) is 0. The van der Waals surface area contributed by atoms with Crippen LogP contribution in [0.1, 0.15) is 45.2 Å². The fraction of sp³-hybridized carbons (Fsp3) is 0.600. The molecule has 0 spiro atoms. The minimum atomic E-state index is -3.27. The molecule has 21 heavy (non-hydrogen) atoms. The first-order valence-electron chi connectivity index (χ1n) is 7.16. The Morgan fingerprint density at radius 2 is 1.76 bits per heavy atom. The Kier molecular flexibility index (Phi) is 7.49. The maximum absolute atomic E-state index is 11.9. The molecule has 0 aliphatic carbocycles. The van der Waals surface area contributed by atoms with E-state index in [2.05, 4.69) is 4.72 Å². The standard InChI is InChI=1S/C15H24ClNO3S/c1-12(2)20-15-8-6-14(7-9-15)13(3)17-21(18,19)11-5-4-10-16/h6-9,12-13,17H,4-5,10-11H2,1-3H3. The summed E-state index contributed by atoms with van der Waals surface area (Å²) < 4.78 is 32.1. The van der Waals surface area contributed by atoms with E-state index in [0.29, 0.717) is 18.7 Å². The number of unbranched alkanes of at least 4 members (excludes halogenated alkanes) is 1. The Hall–Kier alpha value is -0.780. The summed E-state index contributed by atoms with van der Waals surface area (Å²) in [6, 6.07) is 7.20. The highest BCUT2D eigenvalue weighted by Crippen LogP contribution is 2.19. The summed E-state index contributed by atoms with van der Waals surface area (Å²) in [5.74, 6) is 1.38. The van der Waals surface area contributed by atoms with Crippen LogP contribution < -0.4 is 9.46 Å². The van der Waals surface area contributed by atoms with Crippen LogP contribution >= 0.6 is 11.6 Å². The lowest BCUT2D eigenvalue weighted by molar-refractivity contribution is 0.242. The Bertz CT molecular complexity index is 514. The van der Waals surface area contributed by atoms with E-state index in [9.17, 15) is 8.42 Å². The molecular weight excluding hydrogens is 310 g/mol. The monoisotopic (exact) mass is 333 g/mol. The normalized spacial score (nSPS) is 13.4. The van der Waals surface area contributed by atoms with Gasteiger partial charge in [0.05, 0.1) is 11.9 Å². The smallest absolute Gasteiger partial charge is 0.212 e. The van der Waals surface area contributed by atoms with Crippen molar-refractivity contribution in [2.24, 2.45) is 0 Å². The lowest BCUT2D eigenvalue weighted by atomic mass is 10.1. The third-order valence-corrected chi connectivity index (χ3v) is 4.71. The van der Waals surface area contributed by atoms with E-state index in [4.69, 9.17) is 16.3 Å². The molecular formula is C15H24ClNO3S. The average molecular weight is 334 g/mol. The van der Waals surface area contributed by atoms with Crippen molar-refractivity contribution in [1.82, 2.24) is 4.72 Å². The number of ether oxygens (including phenoxy) is 1.